The van der Waals surface area contributed by atoms with Crippen LogP contribution in [-0.4, -0.2) is 20.6 Å². The maximum atomic E-state index is 10.7. The van der Waals surface area contributed by atoms with Gasteiger partial charge in [-0.3, -0.25) is 9.55 Å². The highest BCUT2D eigenvalue weighted by molar-refractivity contribution is 5.77. The highest BCUT2D eigenvalue weighted by Crippen LogP contribution is 2.20. The van der Waals surface area contributed by atoms with E-state index < -0.39 is 6.09 Å². The number of fused-ring (bicyclic) bond motifs is 1. The molecular weight excluding hydrogens is 244 g/mol. The minimum absolute atomic E-state index is 0.294. The second-order valence-electron chi connectivity index (χ2n) is 3.90. The third kappa shape index (κ3) is 2.11. The highest BCUT2D eigenvalue weighted by Gasteiger charge is 2.06. The summed E-state index contributed by atoms with van der Waals surface area (Å²) >= 11 is 0. The van der Waals surface area contributed by atoms with Crippen LogP contribution in [0.15, 0.2) is 49.1 Å². The Labute approximate surface area is 108 Å². The summed E-state index contributed by atoms with van der Waals surface area (Å²) < 4.78 is 6.66. The van der Waals surface area contributed by atoms with Crippen LogP contribution in [0.2, 0.25) is 0 Å². The first-order valence-electron chi connectivity index (χ1n) is 5.59. The molecule has 0 spiro atoms. The maximum Gasteiger partial charge on any atom is 0.410 e. The molecule has 2 aromatic heterocycles. The fourth-order valence-corrected chi connectivity index (χ4v) is 1.88. The molecule has 0 unspecified atom stereocenters. The van der Waals surface area contributed by atoms with Gasteiger partial charge in [-0.15, -0.1) is 0 Å². The summed E-state index contributed by atoms with van der Waals surface area (Å²) in [5.41, 5.74) is 7.54. The van der Waals surface area contributed by atoms with Gasteiger partial charge in [0.25, 0.3) is 0 Å². The molecule has 1 aromatic carbocycles. The number of carbonyl (C=O) groups excluding carboxylic acids is 1. The molecule has 0 fully saturated rings. The molecule has 94 valence electrons. The van der Waals surface area contributed by atoms with Gasteiger partial charge in [0.1, 0.15) is 6.33 Å². The lowest BCUT2D eigenvalue weighted by Gasteiger charge is -2.05. The Morgan fingerprint density at radius 1 is 1.26 bits per heavy atom. The smallest absolute Gasteiger partial charge is 0.409 e. The molecule has 3 aromatic rings. The van der Waals surface area contributed by atoms with Gasteiger partial charge in [-0.2, -0.15) is 0 Å². The van der Waals surface area contributed by atoms with Crippen molar-refractivity contribution in [2.75, 3.05) is 0 Å². The average Bonchev–Trinajstić information content (AvgIpc) is 2.82. The molecule has 0 radical (unpaired) electrons. The molecule has 0 aliphatic rings. The summed E-state index contributed by atoms with van der Waals surface area (Å²) in [5, 5.41) is 0. The molecule has 0 saturated carbocycles. The fraction of sp³-hybridized carbons (Fsp3) is 0. The van der Waals surface area contributed by atoms with E-state index in [4.69, 9.17) is 10.5 Å². The van der Waals surface area contributed by atoms with Crippen LogP contribution in [0.4, 0.5) is 4.79 Å². The largest absolute Gasteiger partial charge is 0.410 e. The van der Waals surface area contributed by atoms with Crippen LogP contribution in [0, 0.1) is 0 Å². The molecule has 0 atom stereocenters. The molecule has 0 saturated heterocycles. The Balaban J connectivity index is 2.09. The highest BCUT2D eigenvalue weighted by atomic mass is 16.5. The number of ether oxygens (including phenoxy) is 1. The summed E-state index contributed by atoms with van der Waals surface area (Å²) in [7, 11) is 0. The monoisotopic (exact) mass is 254 g/mol. The number of rotatable bonds is 2. The van der Waals surface area contributed by atoms with Gasteiger partial charge in [0.05, 0.1) is 29.1 Å². The van der Waals surface area contributed by atoms with Crippen LogP contribution in [0.3, 0.4) is 0 Å². The molecule has 2 heterocycles. The third-order valence-electron chi connectivity index (χ3n) is 2.65. The summed E-state index contributed by atoms with van der Waals surface area (Å²) in [5.74, 6) is 0.294. The number of aromatic nitrogens is 3. The van der Waals surface area contributed by atoms with E-state index in [9.17, 15) is 4.79 Å². The number of nitrogens with two attached hydrogens (primary N) is 1. The molecular formula is C13H10N4O2. The van der Waals surface area contributed by atoms with Gasteiger partial charge in [0.2, 0.25) is 0 Å². The normalized spacial score (nSPS) is 10.5. The first-order chi connectivity index (χ1) is 9.24. The van der Waals surface area contributed by atoms with Crippen LogP contribution >= 0.6 is 0 Å². The standard InChI is InChI=1S/C13H10N4O2/c14-13(18)19-10-5-9(6-15-7-10)17-8-16-11-3-1-2-4-12(11)17/h1-8H,(H2,14,18). The van der Waals surface area contributed by atoms with E-state index in [-0.39, 0.29) is 0 Å². The predicted molar refractivity (Wildman–Crippen MR) is 69.1 cm³/mol. The third-order valence-corrected chi connectivity index (χ3v) is 2.65. The second kappa shape index (κ2) is 4.41. The van der Waals surface area contributed by atoms with Gasteiger partial charge in [-0.05, 0) is 12.1 Å². The van der Waals surface area contributed by atoms with Gasteiger partial charge < -0.3 is 10.5 Å². The van der Waals surface area contributed by atoms with E-state index in [1.807, 2.05) is 28.8 Å². The van der Waals surface area contributed by atoms with Crippen LogP contribution in [-0.2, 0) is 0 Å². The molecule has 1 amide bonds. The minimum Gasteiger partial charge on any atom is -0.409 e. The predicted octanol–water partition coefficient (Wildman–Crippen LogP) is 1.88. The molecule has 6 nitrogen and oxygen atoms in total. The number of amides is 1. The quantitative estimate of drug-likeness (QED) is 0.756. The van der Waals surface area contributed by atoms with E-state index >= 15 is 0 Å². The minimum atomic E-state index is -0.866. The van der Waals surface area contributed by atoms with Gasteiger partial charge in [-0.25, -0.2) is 9.78 Å². The Hall–Kier alpha value is -2.89. The summed E-state index contributed by atoms with van der Waals surface area (Å²) in [6.45, 7) is 0. The number of benzene rings is 1. The Bertz CT molecular complexity index is 751. The second-order valence-corrected chi connectivity index (χ2v) is 3.90. The first kappa shape index (κ1) is 11.2. The number of hydrogen-bond acceptors (Lipinski definition) is 4. The zero-order valence-corrected chi connectivity index (χ0v) is 9.85. The molecule has 3 rings (SSSR count). The van der Waals surface area contributed by atoms with Crippen molar-refractivity contribution in [1.29, 1.82) is 0 Å². The number of nitrogens with zero attached hydrogens (tertiary/aromatic N) is 3. The van der Waals surface area contributed by atoms with Crippen molar-refractivity contribution in [2.24, 2.45) is 5.73 Å². The van der Waals surface area contributed by atoms with Crippen LogP contribution in [0.25, 0.3) is 16.7 Å². The van der Waals surface area contributed by atoms with Crippen molar-refractivity contribution in [3.8, 4) is 11.4 Å². The van der Waals surface area contributed by atoms with Gasteiger partial charge in [0.15, 0.2) is 5.75 Å². The summed E-state index contributed by atoms with van der Waals surface area (Å²) in [6.07, 6.45) is 3.90. The summed E-state index contributed by atoms with van der Waals surface area (Å²) in [4.78, 5) is 19.0. The number of primary amides is 1. The first-order valence-corrected chi connectivity index (χ1v) is 5.59. The molecule has 6 heteroatoms. The zero-order valence-electron chi connectivity index (χ0n) is 9.85. The molecule has 19 heavy (non-hydrogen) atoms. The van der Waals surface area contributed by atoms with E-state index in [0.29, 0.717) is 5.75 Å². The number of pyridine rings is 1. The van der Waals surface area contributed by atoms with Crippen molar-refractivity contribution in [1.82, 2.24) is 14.5 Å². The average molecular weight is 254 g/mol. The van der Waals surface area contributed by atoms with Gasteiger partial charge in [-0.1, -0.05) is 12.1 Å². The van der Waals surface area contributed by atoms with Crippen molar-refractivity contribution in [2.45, 2.75) is 0 Å². The van der Waals surface area contributed by atoms with Crippen molar-refractivity contribution in [3.05, 3.63) is 49.1 Å². The molecule has 0 bridgehead atoms. The lowest BCUT2D eigenvalue weighted by molar-refractivity contribution is 0.210. The van der Waals surface area contributed by atoms with Crippen molar-refractivity contribution >= 4 is 17.1 Å². The number of imidazole rings is 1. The van der Waals surface area contributed by atoms with E-state index in [2.05, 4.69) is 9.97 Å². The summed E-state index contributed by atoms with van der Waals surface area (Å²) in [6, 6.07) is 9.39. The molecule has 0 aliphatic carbocycles. The number of para-hydroxylation sites is 2. The van der Waals surface area contributed by atoms with Crippen molar-refractivity contribution < 1.29 is 9.53 Å². The van der Waals surface area contributed by atoms with Crippen molar-refractivity contribution in [3.63, 3.8) is 0 Å². The van der Waals surface area contributed by atoms with Crippen LogP contribution in [0.5, 0.6) is 5.75 Å². The maximum absolute atomic E-state index is 10.7. The molecule has 2 N–H and O–H groups in total. The van der Waals surface area contributed by atoms with E-state index in [0.717, 1.165) is 16.7 Å². The van der Waals surface area contributed by atoms with Crippen LogP contribution in [0.1, 0.15) is 0 Å². The van der Waals surface area contributed by atoms with E-state index in [1.165, 1.54) is 6.20 Å². The lowest BCUT2D eigenvalue weighted by atomic mass is 10.3. The fourth-order valence-electron chi connectivity index (χ4n) is 1.88. The topological polar surface area (TPSA) is 83.0 Å². The Morgan fingerprint density at radius 2 is 2.11 bits per heavy atom. The number of hydrogen-bond donors (Lipinski definition) is 1. The van der Waals surface area contributed by atoms with Gasteiger partial charge in [0, 0.05) is 6.07 Å². The Kier molecular flexibility index (Phi) is 2.60. The van der Waals surface area contributed by atoms with Gasteiger partial charge >= 0.3 is 6.09 Å². The van der Waals surface area contributed by atoms with E-state index in [1.54, 1.807) is 18.6 Å². The zero-order chi connectivity index (χ0) is 13.2. The molecule has 0 aliphatic heterocycles. The lowest BCUT2D eigenvalue weighted by Crippen LogP contribution is -2.16. The number of carbonyl (C=O) groups is 1. The Morgan fingerprint density at radius 3 is 2.95 bits per heavy atom. The van der Waals surface area contributed by atoms with Crippen LogP contribution < -0.4 is 10.5 Å². The SMILES string of the molecule is NC(=O)Oc1cncc(-n2cnc3ccccc32)c1.